The molecule has 0 fully saturated rings. The standard InChI is InChI=1S/C51H36N6O2S2.C5H11NS2.Zn/c1-30-17-9-11-23-34(30)48(58)56-46-44(50-54-36-25-13-15-27-40(36)60-50)42(32-19-5-3-6-20-32)38(52-46)29-39-43(33-21-7-4-8-22-33)45(51-55-37-26-14-16-28-41(37)61-51)47(53-39)57-49(59)35-24-12-10-18-31(35)2;1-3-6(4-2)5(7)8;/h3-29H,1-2H3,(H3,52,53,54,55,56,57,58,59);3-4H2,1-2H3,(H,7,8);/q;;+2/p-2. The number of rotatable bonds is 10. The SMILES string of the molecule is CCN(CC)C(=S)[S-].Cc1ccccc1C(=O)NC1=N/C(=C\c2[n-]c(NC(=O)c3ccccc3C)c(-c3nc4ccccc4s3)c2-c2ccccc2)C(c2ccccc2)=C1c1nc2ccccc2s1.[Zn+2]. The number of anilines is 1. The van der Waals surface area contributed by atoms with Crippen molar-refractivity contribution in [3.05, 3.63) is 202 Å². The number of para-hydroxylation sites is 2. The van der Waals surface area contributed by atoms with Crippen molar-refractivity contribution in [2.45, 2.75) is 27.7 Å². The largest absolute Gasteiger partial charge is 2.00 e. The third kappa shape index (κ3) is 10.5. The summed E-state index contributed by atoms with van der Waals surface area (Å²) in [6.07, 6.45) is 1.95. The average molecular weight is 1040 g/mol. The van der Waals surface area contributed by atoms with Crippen molar-refractivity contribution < 1.29 is 29.1 Å². The molecule has 9 nitrogen and oxygen atoms in total. The number of aryl methyl sites for hydroxylation is 2. The molecule has 4 heterocycles. The second-order valence-corrected chi connectivity index (χ2v) is 19.1. The number of benzene rings is 6. The molecular weight excluding hydrogens is 996 g/mol. The van der Waals surface area contributed by atoms with E-state index in [9.17, 15) is 9.59 Å². The number of nitrogens with one attached hydrogen (secondary N) is 2. The number of aromatic nitrogens is 3. The minimum absolute atomic E-state index is 0. The number of carbonyl (C=O) groups is 2. The van der Waals surface area contributed by atoms with Crippen molar-refractivity contribution in [1.29, 1.82) is 0 Å². The van der Waals surface area contributed by atoms with E-state index in [1.165, 1.54) is 0 Å². The predicted octanol–water partition coefficient (Wildman–Crippen LogP) is 13.0. The molecular formula is C56H45N7O2S4Zn. The van der Waals surface area contributed by atoms with Gasteiger partial charge in [-0.15, -0.1) is 22.7 Å². The molecule has 0 atom stereocenters. The molecule has 0 saturated heterocycles. The van der Waals surface area contributed by atoms with Gasteiger partial charge in [0.15, 0.2) is 5.91 Å². The Morgan fingerprint density at radius 2 is 1.11 bits per heavy atom. The van der Waals surface area contributed by atoms with Crippen LogP contribution in [0, 0.1) is 13.8 Å². The fraction of sp³-hybridized carbons (Fsp3) is 0.107. The van der Waals surface area contributed by atoms with Gasteiger partial charge in [0.2, 0.25) is 0 Å². The molecule has 0 bridgehead atoms. The third-order valence-electron chi connectivity index (χ3n) is 11.6. The summed E-state index contributed by atoms with van der Waals surface area (Å²) >= 11 is 12.6. The number of thiocarbonyl (C=S) groups is 1. The van der Waals surface area contributed by atoms with Crippen LogP contribution < -0.4 is 15.6 Å². The van der Waals surface area contributed by atoms with E-state index >= 15 is 0 Å². The number of amidine groups is 1. The first-order valence-corrected chi connectivity index (χ1v) is 24.8. The van der Waals surface area contributed by atoms with E-state index in [0.29, 0.717) is 59.6 Å². The second kappa shape index (κ2) is 22.3. The first-order chi connectivity index (χ1) is 33.6. The Balaban J connectivity index is 0.000000675. The van der Waals surface area contributed by atoms with Crippen molar-refractivity contribution in [1.82, 2.24) is 25.2 Å². The number of hydrogen-bond donors (Lipinski definition) is 2. The molecule has 0 spiro atoms. The molecule has 2 amide bonds. The molecule has 0 radical (unpaired) electrons. The van der Waals surface area contributed by atoms with E-state index in [1.807, 2.05) is 196 Å². The maximum absolute atomic E-state index is 14.1. The summed E-state index contributed by atoms with van der Waals surface area (Å²) in [6, 6.07) is 51.0. The van der Waals surface area contributed by atoms with Crippen molar-refractivity contribution in [2.24, 2.45) is 4.99 Å². The molecule has 6 aromatic carbocycles. The fourth-order valence-electron chi connectivity index (χ4n) is 8.13. The molecule has 10 rings (SSSR count). The van der Waals surface area contributed by atoms with Gasteiger partial charge >= 0.3 is 19.5 Å². The van der Waals surface area contributed by atoms with Gasteiger partial charge in [0.05, 0.1) is 31.7 Å². The molecule has 342 valence electrons. The predicted molar refractivity (Wildman–Crippen MR) is 293 cm³/mol. The number of hydrogen-bond acceptors (Lipinski definition) is 9. The molecule has 9 aromatic rings. The molecule has 0 aliphatic carbocycles. The van der Waals surface area contributed by atoms with Crippen molar-refractivity contribution in [2.75, 3.05) is 18.4 Å². The average Bonchev–Trinajstić information content (AvgIpc) is 4.15. The van der Waals surface area contributed by atoms with E-state index < -0.39 is 0 Å². The van der Waals surface area contributed by atoms with Gasteiger partial charge in [-0.25, -0.2) is 15.0 Å². The molecule has 2 N–H and O–H groups in total. The van der Waals surface area contributed by atoms with Crippen LogP contribution in [-0.2, 0) is 32.1 Å². The van der Waals surface area contributed by atoms with E-state index in [4.69, 9.17) is 44.8 Å². The number of aliphatic imine (C=N–C) groups is 1. The van der Waals surface area contributed by atoms with Crippen LogP contribution in [-0.4, -0.2) is 49.9 Å². The van der Waals surface area contributed by atoms with Crippen molar-refractivity contribution in [3.8, 4) is 21.7 Å². The van der Waals surface area contributed by atoms with Crippen LogP contribution in [0.5, 0.6) is 0 Å². The number of thiazole rings is 2. The van der Waals surface area contributed by atoms with E-state index in [0.717, 1.165) is 66.9 Å². The zero-order valence-corrected chi connectivity index (χ0v) is 45.1. The zero-order chi connectivity index (χ0) is 48.0. The molecule has 1 aliphatic rings. The van der Waals surface area contributed by atoms with E-state index in [1.54, 1.807) is 22.7 Å². The van der Waals surface area contributed by atoms with Gasteiger partial charge in [0.25, 0.3) is 5.91 Å². The minimum Gasteiger partial charge on any atom is -0.435 e. The summed E-state index contributed by atoms with van der Waals surface area (Å²) in [4.78, 5) is 51.0. The Morgan fingerprint density at radius 1 is 0.629 bits per heavy atom. The monoisotopic (exact) mass is 1040 g/mol. The second-order valence-electron chi connectivity index (χ2n) is 16.0. The van der Waals surface area contributed by atoms with Gasteiger partial charge in [-0.1, -0.05) is 132 Å². The van der Waals surface area contributed by atoms with Gasteiger partial charge in [-0.3, -0.25) is 9.59 Å². The van der Waals surface area contributed by atoms with Crippen LogP contribution in [0.1, 0.15) is 62.0 Å². The van der Waals surface area contributed by atoms with Gasteiger partial charge in [0, 0.05) is 35.4 Å². The molecule has 0 saturated carbocycles. The maximum Gasteiger partial charge on any atom is 2.00 e. The van der Waals surface area contributed by atoms with Gasteiger partial charge in [0.1, 0.15) is 15.9 Å². The Bertz CT molecular complexity index is 3420. The van der Waals surface area contributed by atoms with Crippen LogP contribution in [0.15, 0.2) is 168 Å². The smallest absolute Gasteiger partial charge is 0.435 e. The molecule has 0 unspecified atom stereocenters. The number of carbonyl (C=O) groups excluding carboxylic acids is 2. The molecule has 14 heteroatoms. The summed E-state index contributed by atoms with van der Waals surface area (Å²) in [7, 11) is 0. The Kier molecular flexibility index (Phi) is 15.8. The topological polar surface area (TPSA) is 114 Å². The normalized spacial score (nSPS) is 12.6. The van der Waals surface area contributed by atoms with Crippen LogP contribution >= 0.6 is 34.9 Å². The molecule has 3 aromatic heterocycles. The van der Waals surface area contributed by atoms with Crippen molar-refractivity contribution >= 4 is 113 Å². The summed E-state index contributed by atoms with van der Waals surface area (Å²) in [6.45, 7) is 9.78. The van der Waals surface area contributed by atoms with E-state index in [-0.39, 0.29) is 31.3 Å². The number of nitrogens with zero attached hydrogens (tertiary/aromatic N) is 5. The summed E-state index contributed by atoms with van der Waals surface area (Å²) in [5.41, 5.74) is 10.4. The molecule has 70 heavy (non-hydrogen) atoms. The first kappa shape index (κ1) is 49.6. The summed E-state index contributed by atoms with van der Waals surface area (Å²) < 4.78 is 2.60. The first-order valence-electron chi connectivity index (χ1n) is 22.4. The number of allylic oxidation sites excluding steroid dienone is 1. The van der Waals surface area contributed by atoms with E-state index in [2.05, 4.69) is 10.6 Å². The Hall–Kier alpha value is -6.80. The van der Waals surface area contributed by atoms with Gasteiger partial charge in [-0.2, -0.15) is 0 Å². The minimum atomic E-state index is -0.278. The van der Waals surface area contributed by atoms with Crippen LogP contribution in [0.25, 0.3) is 59.4 Å². The fourth-order valence-corrected chi connectivity index (χ4v) is 10.7. The quantitative estimate of drug-likeness (QED) is 0.0791. The van der Waals surface area contributed by atoms with Gasteiger partial charge in [-0.05, 0) is 103 Å². The maximum atomic E-state index is 14.1. The summed E-state index contributed by atoms with van der Waals surface area (Å²) in [5, 5.41) is 7.81. The third-order valence-corrected chi connectivity index (χ3v) is 14.3. The molecule has 1 aliphatic heterocycles. The zero-order valence-electron chi connectivity index (χ0n) is 38.9. The van der Waals surface area contributed by atoms with Crippen molar-refractivity contribution in [3.63, 3.8) is 0 Å². The van der Waals surface area contributed by atoms with Crippen LogP contribution in [0.2, 0.25) is 0 Å². The van der Waals surface area contributed by atoms with Gasteiger partial charge < -0.3 is 45.4 Å². The Morgan fingerprint density at radius 3 is 1.64 bits per heavy atom. The summed E-state index contributed by atoms with van der Waals surface area (Å²) in [5.74, 6) is 0.203. The van der Waals surface area contributed by atoms with Crippen LogP contribution in [0.4, 0.5) is 5.82 Å². The Labute approximate surface area is 438 Å². The van der Waals surface area contributed by atoms with Crippen LogP contribution in [0.3, 0.4) is 0 Å². The number of fused-ring (bicyclic) bond motifs is 2. The number of amides is 2.